The Kier molecular flexibility index (Phi) is 7.37. The van der Waals surface area contributed by atoms with Gasteiger partial charge in [0.05, 0.1) is 31.1 Å². The highest BCUT2D eigenvalue weighted by atomic mass is 19.4. The molecule has 0 bridgehead atoms. The van der Waals surface area contributed by atoms with Crippen LogP contribution in [0, 0.1) is 5.82 Å². The van der Waals surface area contributed by atoms with Gasteiger partial charge in [0.25, 0.3) is 5.91 Å². The molecule has 1 atom stereocenters. The summed E-state index contributed by atoms with van der Waals surface area (Å²) >= 11 is 0. The summed E-state index contributed by atoms with van der Waals surface area (Å²) in [4.78, 5) is 16.8. The van der Waals surface area contributed by atoms with Crippen LogP contribution in [0.1, 0.15) is 34.5 Å². The summed E-state index contributed by atoms with van der Waals surface area (Å²) < 4.78 is 66.8. The zero-order valence-corrected chi connectivity index (χ0v) is 19.8. The molecular weight excluding hydrogens is 494 g/mol. The van der Waals surface area contributed by atoms with E-state index in [0.717, 1.165) is 31.0 Å². The molecule has 7 nitrogen and oxygen atoms in total. The summed E-state index contributed by atoms with van der Waals surface area (Å²) in [6.45, 7) is -1.26. The number of nitrogens with one attached hydrogen (secondary N) is 1. The highest BCUT2D eigenvalue weighted by molar-refractivity contribution is 5.95. The van der Waals surface area contributed by atoms with Crippen LogP contribution >= 0.6 is 0 Å². The van der Waals surface area contributed by atoms with Crippen molar-refractivity contribution in [1.29, 1.82) is 0 Å². The number of rotatable bonds is 9. The molecule has 4 N–H and O–H groups in total. The minimum Gasteiger partial charge on any atom is -0.493 e. The Morgan fingerprint density at radius 2 is 1.81 bits per heavy atom. The van der Waals surface area contributed by atoms with E-state index >= 15 is 0 Å². The Morgan fingerprint density at radius 3 is 2.41 bits per heavy atom. The molecule has 1 unspecified atom stereocenters. The van der Waals surface area contributed by atoms with Crippen LogP contribution in [0.2, 0.25) is 0 Å². The Morgan fingerprint density at radius 1 is 1.11 bits per heavy atom. The van der Waals surface area contributed by atoms with Crippen LogP contribution in [0.3, 0.4) is 0 Å². The SMILES string of the molecule is COc1cc(C(=O)NCC(O)(c2ccc(CN)c(-c3ccc(F)cc3)n2)C(F)(F)F)ccc1OC1CC1. The summed E-state index contributed by atoms with van der Waals surface area (Å²) in [5.74, 6) is -0.719. The van der Waals surface area contributed by atoms with E-state index in [9.17, 15) is 27.5 Å². The largest absolute Gasteiger partial charge is 0.493 e. The van der Waals surface area contributed by atoms with Gasteiger partial charge in [-0.15, -0.1) is 0 Å². The first kappa shape index (κ1) is 26.4. The van der Waals surface area contributed by atoms with E-state index in [1.165, 1.54) is 43.5 Å². The Balaban J connectivity index is 1.61. The Hall–Kier alpha value is -3.70. The van der Waals surface area contributed by atoms with E-state index in [-0.39, 0.29) is 29.7 Å². The van der Waals surface area contributed by atoms with Gasteiger partial charge >= 0.3 is 6.18 Å². The van der Waals surface area contributed by atoms with Crippen LogP contribution in [0.25, 0.3) is 11.3 Å². The van der Waals surface area contributed by atoms with Crippen LogP contribution in [0.5, 0.6) is 11.5 Å². The predicted octanol–water partition coefficient (Wildman–Crippen LogP) is 4.08. The van der Waals surface area contributed by atoms with Gasteiger partial charge < -0.3 is 25.6 Å². The summed E-state index contributed by atoms with van der Waals surface area (Å²) in [5, 5.41) is 13.0. The number of amides is 1. The number of alkyl halides is 3. The fourth-order valence-electron chi connectivity index (χ4n) is 3.66. The van der Waals surface area contributed by atoms with Crippen LogP contribution in [0.15, 0.2) is 54.6 Å². The first-order chi connectivity index (χ1) is 17.6. The fraction of sp³-hybridized carbons (Fsp3) is 0.308. The van der Waals surface area contributed by atoms with Crippen molar-refractivity contribution in [3.8, 4) is 22.8 Å². The topological polar surface area (TPSA) is 107 Å². The zero-order chi connectivity index (χ0) is 26.8. The average Bonchev–Trinajstić information content (AvgIpc) is 3.70. The maximum atomic E-state index is 14.2. The summed E-state index contributed by atoms with van der Waals surface area (Å²) in [6, 6.07) is 11.5. The van der Waals surface area contributed by atoms with Crippen molar-refractivity contribution in [2.75, 3.05) is 13.7 Å². The van der Waals surface area contributed by atoms with Crippen molar-refractivity contribution in [1.82, 2.24) is 10.3 Å². The van der Waals surface area contributed by atoms with Crippen LogP contribution < -0.4 is 20.5 Å². The molecule has 1 aliphatic rings. The second-order valence-electron chi connectivity index (χ2n) is 8.64. The van der Waals surface area contributed by atoms with Gasteiger partial charge in [-0.2, -0.15) is 13.2 Å². The molecule has 0 radical (unpaired) electrons. The van der Waals surface area contributed by atoms with Crippen molar-refractivity contribution in [3.05, 3.63) is 77.2 Å². The van der Waals surface area contributed by atoms with Gasteiger partial charge in [-0.25, -0.2) is 9.37 Å². The van der Waals surface area contributed by atoms with Gasteiger partial charge in [0.15, 0.2) is 11.5 Å². The van der Waals surface area contributed by atoms with E-state index in [2.05, 4.69) is 10.3 Å². The first-order valence-corrected chi connectivity index (χ1v) is 11.4. The van der Waals surface area contributed by atoms with Gasteiger partial charge in [-0.1, -0.05) is 6.07 Å². The molecule has 0 aliphatic heterocycles. The number of carbonyl (C=O) groups excluding carboxylic acids is 1. The Labute approximate surface area is 210 Å². The third kappa shape index (κ3) is 5.67. The molecule has 2 aromatic carbocycles. The second-order valence-corrected chi connectivity index (χ2v) is 8.64. The smallest absolute Gasteiger partial charge is 0.424 e. The molecule has 0 saturated heterocycles. The average molecular weight is 519 g/mol. The minimum absolute atomic E-state index is 0.0166. The lowest BCUT2D eigenvalue weighted by atomic mass is 9.95. The van der Waals surface area contributed by atoms with E-state index in [1.807, 2.05) is 0 Å². The molecule has 1 aliphatic carbocycles. The third-order valence-corrected chi connectivity index (χ3v) is 5.96. The molecule has 3 aromatic rings. The van der Waals surface area contributed by atoms with Crippen molar-refractivity contribution >= 4 is 5.91 Å². The molecular formula is C26H25F4N3O4. The van der Waals surface area contributed by atoms with Gasteiger partial charge in [0, 0.05) is 17.7 Å². The maximum Gasteiger partial charge on any atom is 0.424 e. The lowest BCUT2D eigenvalue weighted by molar-refractivity contribution is -0.265. The van der Waals surface area contributed by atoms with Crippen molar-refractivity contribution in [3.63, 3.8) is 0 Å². The van der Waals surface area contributed by atoms with Crippen molar-refractivity contribution in [2.24, 2.45) is 5.73 Å². The quantitative estimate of drug-likeness (QED) is 0.368. The van der Waals surface area contributed by atoms with Gasteiger partial charge in [-0.3, -0.25) is 4.79 Å². The second kappa shape index (κ2) is 10.3. The summed E-state index contributed by atoms with van der Waals surface area (Å²) in [7, 11) is 1.38. The number of pyridine rings is 1. The number of methoxy groups -OCH3 is 1. The molecule has 1 amide bonds. The van der Waals surface area contributed by atoms with Crippen LogP contribution in [0.4, 0.5) is 17.6 Å². The molecule has 11 heteroatoms. The van der Waals surface area contributed by atoms with E-state index < -0.39 is 35.7 Å². The van der Waals surface area contributed by atoms with Crippen LogP contribution in [-0.4, -0.2) is 41.9 Å². The number of benzene rings is 2. The van der Waals surface area contributed by atoms with Gasteiger partial charge in [0.2, 0.25) is 5.60 Å². The maximum absolute atomic E-state index is 14.2. The number of aromatic nitrogens is 1. The zero-order valence-electron chi connectivity index (χ0n) is 19.8. The van der Waals surface area contributed by atoms with Crippen molar-refractivity contribution in [2.45, 2.75) is 37.3 Å². The number of nitrogens with two attached hydrogens (primary N) is 1. The van der Waals surface area contributed by atoms with Crippen molar-refractivity contribution < 1.29 is 36.9 Å². The van der Waals surface area contributed by atoms with E-state index in [1.54, 1.807) is 0 Å². The first-order valence-electron chi connectivity index (χ1n) is 11.4. The number of carbonyl (C=O) groups is 1. The number of hydrogen-bond donors (Lipinski definition) is 3. The standard InChI is InChI=1S/C26H25F4N3O4/c1-36-21-12-16(4-10-20(21)37-19-8-9-19)24(34)32-14-25(35,26(28,29)30)22-11-5-17(13-31)23(33-22)15-2-6-18(27)7-3-15/h2-7,10-12,19,35H,8-9,13-14,31H2,1H3,(H,32,34). The molecule has 1 fully saturated rings. The van der Waals surface area contributed by atoms with E-state index in [4.69, 9.17) is 15.2 Å². The minimum atomic E-state index is -5.20. The molecule has 0 spiro atoms. The number of hydrogen-bond acceptors (Lipinski definition) is 6. The highest BCUT2D eigenvalue weighted by Gasteiger charge is 2.56. The number of halogens is 4. The molecule has 1 aromatic heterocycles. The van der Waals surface area contributed by atoms with Gasteiger partial charge in [0.1, 0.15) is 5.82 Å². The number of nitrogens with zero attached hydrogens (tertiary/aromatic N) is 1. The summed E-state index contributed by atoms with van der Waals surface area (Å²) in [6.07, 6.45) is -3.31. The summed E-state index contributed by atoms with van der Waals surface area (Å²) in [5.41, 5.74) is 2.23. The Bertz CT molecular complexity index is 1280. The highest BCUT2D eigenvalue weighted by Crippen LogP contribution is 2.39. The monoisotopic (exact) mass is 519 g/mol. The lowest BCUT2D eigenvalue weighted by Gasteiger charge is -2.30. The van der Waals surface area contributed by atoms with E-state index in [0.29, 0.717) is 16.9 Å². The third-order valence-electron chi connectivity index (χ3n) is 5.96. The lowest BCUT2D eigenvalue weighted by Crippen LogP contribution is -2.51. The fourth-order valence-corrected chi connectivity index (χ4v) is 3.66. The van der Waals surface area contributed by atoms with Crippen LogP contribution in [-0.2, 0) is 12.1 Å². The number of aliphatic hydroxyl groups is 1. The molecule has 1 heterocycles. The predicted molar refractivity (Wildman–Crippen MR) is 126 cm³/mol. The molecule has 1 saturated carbocycles. The number of ether oxygens (including phenoxy) is 2. The molecule has 37 heavy (non-hydrogen) atoms. The molecule has 4 rings (SSSR count). The van der Waals surface area contributed by atoms with Gasteiger partial charge in [-0.05, 0) is 66.9 Å². The normalized spacial score (nSPS) is 15.1. The molecule has 196 valence electrons.